The van der Waals surface area contributed by atoms with Crippen molar-refractivity contribution in [3.05, 3.63) is 12.2 Å². The molecule has 1 N–H and O–H groups in total. The summed E-state index contributed by atoms with van der Waals surface area (Å²) in [5.41, 5.74) is -0.145. The maximum Gasteiger partial charge on any atom is 0.226 e. The van der Waals surface area contributed by atoms with Gasteiger partial charge in [0.05, 0.1) is 6.61 Å². The van der Waals surface area contributed by atoms with Crippen LogP contribution in [0.4, 0.5) is 0 Å². The maximum atomic E-state index is 12.0. The lowest BCUT2D eigenvalue weighted by Crippen LogP contribution is -2.51. The molecule has 1 atom stereocenters. The average molecular weight is 254 g/mol. The Morgan fingerprint density at radius 3 is 2.78 bits per heavy atom. The Bertz CT molecular complexity index is 302. The largest absolute Gasteiger partial charge is 0.396 e. The molecule has 104 valence electrons. The molecule has 0 aromatic rings. The van der Waals surface area contributed by atoms with E-state index in [4.69, 9.17) is 0 Å². The minimum Gasteiger partial charge on any atom is -0.396 e. The second-order valence-electron chi connectivity index (χ2n) is 5.59. The van der Waals surface area contributed by atoms with Gasteiger partial charge in [-0.15, -0.1) is 0 Å². The van der Waals surface area contributed by atoms with Crippen LogP contribution in [0.1, 0.15) is 26.2 Å². The number of piperidine rings is 1. The molecule has 0 saturated carbocycles. The zero-order valence-electron chi connectivity index (χ0n) is 11.9. The monoisotopic (exact) mass is 254 g/mol. The van der Waals surface area contributed by atoms with Crippen molar-refractivity contribution < 1.29 is 9.90 Å². The molecule has 0 aliphatic carbocycles. The third-order valence-electron chi connectivity index (χ3n) is 3.53. The number of aliphatic hydroxyl groups is 1. The summed E-state index contributed by atoms with van der Waals surface area (Å²) >= 11 is 0. The lowest BCUT2D eigenvalue weighted by atomic mass is 9.80. The highest BCUT2D eigenvalue weighted by molar-refractivity contribution is 5.77. The minimum absolute atomic E-state index is 0.145. The molecule has 0 aromatic carbocycles. The third kappa shape index (κ3) is 4.10. The van der Waals surface area contributed by atoms with Crippen LogP contribution in [0.2, 0.25) is 0 Å². The molecule has 0 aromatic heterocycles. The second-order valence-corrected chi connectivity index (χ2v) is 5.59. The summed E-state index contributed by atoms with van der Waals surface area (Å²) in [6.45, 7) is 4.41. The molecule has 18 heavy (non-hydrogen) atoms. The van der Waals surface area contributed by atoms with Gasteiger partial charge in [0.2, 0.25) is 5.91 Å². The SMILES string of the molecule is CC=CCC(=O)N1CCCC(CO)(CN(C)C)C1. The first-order valence-electron chi connectivity index (χ1n) is 6.67. The number of nitrogens with zero attached hydrogens (tertiary/aromatic N) is 2. The van der Waals surface area contributed by atoms with Crippen LogP contribution >= 0.6 is 0 Å². The molecule has 0 radical (unpaired) electrons. The molecule has 1 unspecified atom stereocenters. The number of aliphatic hydroxyl groups excluding tert-OH is 1. The van der Waals surface area contributed by atoms with Crippen molar-refractivity contribution in [1.29, 1.82) is 0 Å². The van der Waals surface area contributed by atoms with Crippen LogP contribution in [0.15, 0.2) is 12.2 Å². The maximum absolute atomic E-state index is 12.0. The Kier molecular flexibility index (Phi) is 5.82. The summed E-state index contributed by atoms with van der Waals surface area (Å²) in [6, 6.07) is 0. The fourth-order valence-electron chi connectivity index (χ4n) is 2.75. The van der Waals surface area contributed by atoms with Gasteiger partial charge in [-0.1, -0.05) is 12.2 Å². The molecule has 4 heteroatoms. The van der Waals surface area contributed by atoms with Crippen molar-refractivity contribution >= 4 is 5.91 Å². The van der Waals surface area contributed by atoms with E-state index in [-0.39, 0.29) is 17.9 Å². The van der Waals surface area contributed by atoms with Crippen molar-refractivity contribution in [3.63, 3.8) is 0 Å². The van der Waals surface area contributed by atoms with Crippen LogP contribution in [0.5, 0.6) is 0 Å². The van der Waals surface area contributed by atoms with Gasteiger partial charge >= 0.3 is 0 Å². The normalized spacial score (nSPS) is 25.1. The Balaban J connectivity index is 2.65. The number of rotatable bonds is 5. The third-order valence-corrected chi connectivity index (χ3v) is 3.53. The molecular formula is C14H26N2O2. The second kappa shape index (κ2) is 6.90. The van der Waals surface area contributed by atoms with Crippen LogP contribution in [0.3, 0.4) is 0 Å². The molecule has 1 heterocycles. The Labute approximate surface area is 110 Å². The van der Waals surface area contributed by atoms with E-state index < -0.39 is 0 Å². The summed E-state index contributed by atoms with van der Waals surface area (Å²) < 4.78 is 0. The molecule has 1 amide bonds. The standard InChI is InChI=1S/C14H26N2O2/c1-4-5-7-13(18)16-9-6-8-14(11-16,12-17)10-15(2)3/h4-5,17H,6-12H2,1-3H3. The van der Waals surface area contributed by atoms with E-state index in [0.29, 0.717) is 13.0 Å². The highest BCUT2D eigenvalue weighted by Gasteiger charge is 2.36. The molecule has 1 rings (SSSR count). The van der Waals surface area contributed by atoms with Gasteiger partial charge in [-0.05, 0) is 33.9 Å². The predicted octanol–water partition coefficient (Wildman–Crippen LogP) is 1.12. The number of amides is 1. The first-order chi connectivity index (χ1) is 8.53. The summed E-state index contributed by atoms with van der Waals surface area (Å²) in [5.74, 6) is 0.171. The van der Waals surface area contributed by atoms with E-state index in [1.165, 1.54) is 0 Å². The Morgan fingerprint density at radius 2 is 2.22 bits per heavy atom. The van der Waals surface area contributed by atoms with E-state index >= 15 is 0 Å². The molecule has 1 aliphatic heterocycles. The summed E-state index contributed by atoms with van der Waals surface area (Å²) in [4.78, 5) is 16.0. The van der Waals surface area contributed by atoms with E-state index in [1.807, 2.05) is 38.1 Å². The number of allylic oxidation sites excluding steroid dienone is 1. The predicted molar refractivity (Wildman–Crippen MR) is 73.3 cm³/mol. The molecule has 1 saturated heterocycles. The van der Waals surface area contributed by atoms with E-state index in [9.17, 15) is 9.90 Å². The zero-order valence-corrected chi connectivity index (χ0v) is 11.9. The first-order valence-corrected chi connectivity index (χ1v) is 6.67. The van der Waals surface area contributed by atoms with E-state index in [0.717, 1.165) is 25.9 Å². The minimum atomic E-state index is -0.145. The van der Waals surface area contributed by atoms with Gasteiger partial charge in [-0.2, -0.15) is 0 Å². The van der Waals surface area contributed by atoms with Crippen molar-refractivity contribution in [2.75, 3.05) is 40.3 Å². The van der Waals surface area contributed by atoms with Crippen LogP contribution in [-0.4, -0.2) is 61.2 Å². The van der Waals surface area contributed by atoms with Crippen LogP contribution in [-0.2, 0) is 4.79 Å². The Morgan fingerprint density at radius 1 is 1.50 bits per heavy atom. The molecule has 1 fully saturated rings. The fraction of sp³-hybridized carbons (Fsp3) is 0.786. The van der Waals surface area contributed by atoms with Gasteiger partial charge in [-0.3, -0.25) is 4.79 Å². The van der Waals surface area contributed by atoms with Crippen LogP contribution in [0.25, 0.3) is 0 Å². The lowest BCUT2D eigenvalue weighted by molar-refractivity contribution is -0.135. The Hall–Kier alpha value is -0.870. The highest BCUT2D eigenvalue weighted by atomic mass is 16.3. The summed E-state index contributed by atoms with van der Waals surface area (Å²) in [7, 11) is 4.02. The average Bonchev–Trinajstić information content (AvgIpc) is 2.35. The summed E-state index contributed by atoms with van der Waals surface area (Å²) in [5, 5.41) is 9.69. The van der Waals surface area contributed by atoms with E-state index in [1.54, 1.807) is 0 Å². The topological polar surface area (TPSA) is 43.8 Å². The van der Waals surface area contributed by atoms with Crippen molar-refractivity contribution in [1.82, 2.24) is 9.80 Å². The number of carbonyl (C=O) groups excluding carboxylic acids is 1. The molecule has 0 spiro atoms. The van der Waals surface area contributed by atoms with Crippen LogP contribution in [0, 0.1) is 5.41 Å². The lowest BCUT2D eigenvalue weighted by Gasteiger charge is -2.43. The molecule has 1 aliphatic rings. The quantitative estimate of drug-likeness (QED) is 0.748. The highest BCUT2D eigenvalue weighted by Crippen LogP contribution is 2.30. The molecule has 4 nitrogen and oxygen atoms in total. The smallest absolute Gasteiger partial charge is 0.226 e. The van der Waals surface area contributed by atoms with Gasteiger partial charge in [-0.25, -0.2) is 0 Å². The van der Waals surface area contributed by atoms with Crippen molar-refractivity contribution in [2.24, 2.45) is 5.41 Å². The van der Waals surface area contributed by atoms with Gasteiger partial charge in [0.1, 0.15) is 0 Å². The fourth-order valence-corrected chi connectivity index (χ4v) is 2.75. The van der Waals surface area contributed by atoms with Crippen molar-refractivity contribution in [3.8, 4) is 0 Å². The number of carbonyl (C=O) groups is 1. The summed E-state index contributed by atoms with van der Waals surface area (Å²) in [6.07, 6.45) is 6.25. The molecule has 0 bridgehead atoms. The van der Waals surface area contributed by atoms with Crippen molar-refractivity contribution in [2.45, 2.75) is 26.2 Å². The number of hydrogen-bond acceptors (Lipinski definition) is 3. The first kappa shape index (κ1) is 15.2. The van der Waals surface area contributed by atoms with Gasteiger partial charge in [0.25, 0.3) is 0 Å². The van der Waals surface area contributed by atoms with E-state index in [2.05, 4.69) is 4.90 Å². The zero-order chi connectivity index (χ0) is 13.6. The number of hydrogen-bond donors (Lipinski definition) is 1. The molecular weight excluding hydrogens is 228 g/mol. The van der Waals surface area contributed by atoms with Crippen LogP contribution < -0.4 is 0 Å². The van der Waals surface area contributed by atoms with Gasteiger partial charge in [0, 0.05) is 31.5 Å². The van der Waals surface area contributed by atoms with Gasteiger partial charge in [0.15, 0.2) is 0 Å². The number of likely N-dealkylation sites (tertiary alicyclic amines) is 1. The van der Waals surface area contributed by atoms with Gasteiger partial charge < -0.3 is 14.9 Å².